The predicted octanol–water partition coefficient (Wildman–Crippen LogP) is 1.91. The monoisotopic (exact) mass is 312 g/mol. The number of amides is 1. The van der Waals surface area contributed by atoms with Gasteiger partial charge in [-0.05, 0) is 36.9 Å². The number of hydrogen-bond acceptors (Lipinski definition) is 3. The van der Waals surface area contributed by atoms with E-state index in [0.29, 0.717) is 32.5 Å². The zero-order valence-electron chi connectivity index (χ0n) is 13.8. The Morgan fingerprint density at radius 1 is 1.22 bits per heavy atom. The van der Waals surface area contributed by atoms with Crippen LogP contribution in [0.2, 0.25) is 0 Å². The van der Waals surface area contributed by atoms with E-state index in [1.807, 2.05) is 37.2 Å². The highest BCUT2D eigenvalue weighted by atomic mass is 16.3. The highest BCUT2D eigenvalue weighted by Crippen LogP contribution is 2.23. The number of aliphatic hydroxyl groups is 1. The summed E-state index contributed by atoms with van der Waals surface area (Å²) in [6.45, 7) is 1.65. The Morgan fingerprint density at radius 2 is 1.96 bits per heavy atom. The number of rotatable bonds is 4. The fourth-order valence-electron chi connectivity index (χ4n) is 3.42. The van der Waals surface area contributed by atoms with Crippen molar-refractivity contribution < 1.29 is 9.90 Å². The van der Waals surface area contributed by atoms with Crippen molar-refractivity contribution in [2.24, 2.45) is 0 Å². The predicted molar refractivity (Wildman–Crippen MR) is 92.4 cm³/mol. The van der Waals surface area contributed by atoms with Crippen molar-refractivity contribution in [3.63, 3.8) is 0 Å². The van der Waals surface area contributed by atoms with Crippen LogP contribution in [0.5, 0.6) is 0 Å². The van der Waals surface area contributed by atoms with Crippen LogP contribution in [0.1, 0.15) is 12.0 Å². The molecule has 4 heteroatoms. The highest BCUT2D eigenvalue weighted by molar-refractivity contribution is 5.85. The van der Waals surface area contributed by atoms with E-state index in [1.165, 1.54) is 5.39 Å². The third-order valence-corrected chi connectivity index (χ3v) is 4.46. The van der Waals surface area contributed by atoms with E-state index in [4.69, 9.17) is 0 Å². The first-order valence-corrected chi connectivity index (χ1v) is 8.08. The van der Waals surface area contributed by atoms with Gasteiger partial charge in [0.05, 0.1) is 18.6 Å². The van der Waals surface area contributed by atoms with E-state index in [1.54, 1.807) is 4.90 Å². The number of β-amino-alcohol motifs (C(OH)–C–C–N with tert-alkyl or cyclic N) is 1. The van der Waals surface area contributed by atoms with E-state index >= 15 is 0 Å². The zero-order valence-corrected chi connectivity index (χ0v) is 13.8. The molecule has 1 atom stereocenters. The lowest BCUT2D eigenvalue weighted by atomic mass is 10.0. The van der Waals surface area contributed by atoms with Gasteiger partial charge in [0.25, 0.3) is 0 Å². The summed E-state index contributed by atoms with van der Waals surface area (Å²) in [7, 11) is 3.88. The molecule has 1 N–H and O–H groups in total. The number of likely N-dealkylation sites (N-methyl/N-ethyl adjacent to an activating group) is 1. The Morgan fingerprint density at radius 3 is 2.70 bits per heavy atom. The van der Waals surface area contributed by atoms with E-state index < -0.39 is 5.60 Å². The number of fused-ring (bicyclic) bond motifs is 1. The van der Waals surface area contributed by atoms with Gasteiger partial charge in [0.1, 0.15) is 0 Å². The van der Waals surface area contributed by atoms with Crippen LogP contribution >= 0.6 is 0 Å². The molecule has 1 fully saturated rings. The maximum atomic E-state index is 12.5. The molecule has 0 saturated carbocycles. The molecule has 0 bridgehead atoms. The molecular weight excluding hydrogens is 288 g/mol. The lowest BCUT2D eigenvalue weighted by Gasteiger charge is -2.26. The first kappa shape index (κ1) is 16.0. The first-order valence-electron chi connectivity index (χ1n) is 8.08. The fraction of sp³-hybridized carbons (Fsp3) is 0.421. The Hall–Kier alpha value is -1.91. The van der Waals surface area contributed by atoms with Gasteiger partial charge in [-0.1, -0.05) is 42.5 Å². The molecule has 0 radical (unpaired) electrons. The van der Waals surface area contributed by atoms with Crippen molar-refractivity contribution in [2.75, 3.05) is 33.7 Å². The Bertz CT molecular complexity index is 713. The topological polar surface area (TPSA) is 43.8 Å². The number of nitrogens with zero attached hydrogens (tertiary/aromatic N) is 2. The van der Waals surface area contributed by atoms with E-state index in [-0.39, 0.29) is 5.91 Å². The molecule has 2 aromatic carbocycles. The number of carbonyl (C=O) groups excluding carboxylic acids is 1. The normalized spacial score (nSPS) is 21.3. The number of benzene rings is 2. The van der Waals surface area contributed by atoms with Gasteiger partial charge in [0.2, 0.25) is 5.91 Å². The molecule has 1 unspecified atom stereocenters. The number of carbonyl (C=O) groups is 1. The molecule has 0 aliphatic carbocycles. The van der Waals surface area contributed by atoms with Crippen molar-refractivity contribution in [3.05, 3.63) is 48.0 Å². The Labute approximate surface area is 137 Å². The summed E-state index contributed by atoms with van der Waals surface area (Å²) < 4.78 is 0. The molecule has 0 spiro atoms. The van der Waals surface area contributed by atoms with Crippen LogP contribution in [0.25, 0.3) is 10.8 Å². The van der Waals surface area contributed by atoms with Gasteiger partial charge in [0.15, 0.2) is 0 Å². The molecule has 1 saturated heterocycles. The smallest absolute Gasteiger partial charge is 0.227 e. The van der Waals surface area contributed by atoms with Gasteiger partial charge in [-0.25, -0.2) is 0 Å². The average molecular weight is 312 g/mol. The van der Waals surface area contributed by atoms with Crippen LogP contribution in [-0.4, -0.2) is 60.1 Å². The summed E-state index contributed by atoms with van der Waals surface area (Å²) in [6, 6.07) is 14.3. The second kappa shape index (κ2) is 6.30. The third-order valence-electron chi connectivity index (χ3n) is 4.46. The fourth-order valence-corrected chi connectivity index (χ4v) is 3.42. The molecule has 1 amide bonds. The summed E-state index contributed by atoms with van der Waals surface area (Å²) >= 11 is 0. The molecule has 4 nitrogen and oxygen atoms in total. The largest absolute Gasteiger partial charge is 0.387 e. The van der Waals surface area contributed by atoms with Crippen molar-refractivity contribution in [1.29, 1.82) is 0 Å². The zero-order chi connectivity index (χ0) is 16.4. The highest BCUT2D eigenvalue weighted by Gasteiger charge is 2.38. The maximum absolute atomic E-state index is 12.5. The quantitative estimate of drug-likeness (QED) is 0.938. The molecule has 23 heavy (non-hydrogen) atoms. The van der Waals surface area contributed by atoms with Gasteiger partial charge < -0.3 is 14.9 Å². The van der Waals surface area contributed by atoms with Crippen LogP contribution in [0.15, 0.2) is 42.5 Å². The average Bonchev–Trinajstić information content (AvgIpc) is 2.88. The molecular formula is C19H24N2O2. The van der Waals surface area contributed by atoms with E-state index in [2.05, 4.69) is 24.3 Å². The van der Waals surface area contributed by atoms with Crippen molar-refractivity contribution in [1.82, 2.24) is 9.80 Å². The van der Waals surface area contributed by atoms with Crippen LogP contribution in [-0.2, 0) is 11.2 Å². The minimum atomic E-state index is -0.775. The minimum Gasteiger partial charge on any atom is -0.387 e. The third kappa shape index (κ3) is 3.71. The van der Waals surface area contributed by atoms with Gasteiger partial charge in [-0.2, -0.15) is 0 Å². The van der Waals surface area contributed by atoms with Crippen LogP contribution < -0.4 is 0 Å². The van der Waals surface area contributed by atoms with Crippen molar-refractivity contribution in [2.45, 2.75) is 18.4 Å². The van der Waals surface area contributed by atoms with Gasteiger partial charge in [-0.15, -0.1) is 0 Å². The lowest BCUT2D eigenvalue weighted by molar-refractivity contribution is -0.130. The van der Waals surface area contributed by atoms with Gasteiger partial charge >= 0.3 is 0 Å². The summed E-state index contributed by atoms with van der Waals surface area (Å²) in [5, 5.41) is 12.9. The number of likely N-dealkylation sites (tertiary alicyclic amines) is 1. The summed E-state index contributed by atoms with van der Waals surface area (Å²) in [6.07, 6.45) is 1.04. The summed E-state index contributed by atoms with van der Waals surface area (Å²) in [5.74, 6) is 0.0926. The van der Waals surface area contributed by atoms with Crippen molar-refractivity contribution >= 4 is 16.7 Å². The van der Waals surface area contributed by atoms with Crippen LogP contribution in [0, 0.1) is 0 Å². The van der Waals surface area contributed by atoms with Crippen LogP contribution in [0.4, 0.5) is 0 Å². The lowest BCUT2D eigenvalue weighted by Crippen LogP contribution is -2.43. The summed E-state index contributed by atoms with van der Waals surface area (Å²) in [4.78, 5) is 16.3. The molecule has 3 rings (SSSR count). The van der Waals surface area contributed by atoms with Crippen molar-refractivity contribution in [3.8, 4) is 0 Å². The van der Waals surface area contributed by atoms with Crippen LogP contribution in [0.3, 0.4) is 0 Å². The molecule has 122 valence electrons. The maximum Gasteiger partial charge on any atom is 0.227 e. The molecule has 1 heterocycles. The molecule has 2 aromatic rings. The SMILES string of the molecule is CN(C)CC1(O)CCN(C(=O)Cc2ccc3ccccc3c2)C1. The van der Waals surface area contributed by atoms with E-state index in [9.17, 15) is 9.90 Å². The second-order valence-electron chi connectivity index (χ2n) is 6.89. The van der Waals surface area contributed by atoms with E-state index in [0.717, 1.165) is 10.9 Å². The molecule has 1 aliphatic rings. The Balaban J connectivity index is 1.67. The van der Waals surface area contributed by atoms with Gasteiger partial charge in [-0.3, -0.25) is 4.79 Å². The second-order valence-corrected chi connectivity index (χ2v) is 6.89. The first-order chi connectivity index (χ1) is 11.0. The summed E-state index contributed by atoms with van der Waals surface area (Å²) in [5.41, 5.74) is 0.250. The number of hydrogen-bond donors (Lipinski definition) is 1. The molecule has 0 aromatic heterocycles. The minimum absolute atomic E-state index is 0.0926. The Kier molecular flexibility index (Phi) is 4.37. The van der Waals surface area contributed by atoms with Gasteiger partial charge in [0, 0.05) is 13.1 Å². The molecule has 1 aliphatic heterocycles. The standard InChI is InChI=1S/C19H24N2O2/c1-20(2)13-19(23)9-10-21(14-19)18(22)12-15-7-8-16-5-3-4-6-17(16)11-15/h3-8,11,23H,9-10,12-14H2,1-2H3.